The molecule has 0 saturated heterocycles. The lowest BCUT2D eigenvalue weighted by atomic mass is 10.2. The van der Waals surface area contributed by atoms with Gasteiger partial charge in [-0.1, -0.05) is 0 Å². The van der Waals surface area contributed by atoms with Crippen LogP contribution in [0.3, 0.4) is 0 Å². The highest BCUT2D eigenvalue weighted by Crippen LogP contribution is 2.19. The highest BCUT2D eigenvalue weighted by atomic mass is 32.2. The highest BCUT2D eigenvalue weighted by Gasteiger charge is 2.24. The quantitative estimate of drug-likeness (QED) is 0.656. The molecule has 1 aromatic carbocycles. The van der Waals surface area contributed by atoms with Crippen molar-refractivity contribution in [3.63, 3.8) is 0 Å². The van der Waals surface area contributed by atoms with Gasteiger partial charge in [0.1, 0.15) is 4.90 Å². The standard InChI is InChI=1S/C10H11F2NO5S/c11-7-4-6(10(15)16)5-8(9(7)12)19(17,18)13-2-1-3-14/h4-5,13-14H,1-3H2,(H,15,16). The van der Waals surface area contributed by atoms with Gasteiger partial charge >= 0.3 is 5.97 Å². The molecule has 3 N–H and O–H groups in total. The Kier molecular flexibility index (Phi) is 4.92. The third-order valence-electron chi connectivity index (χ3n) is 2.16. The van der Waals surface area contributed by atoms with Crippen LogP contribution in [-0.4, -0.2) is 37.8 Å². The molecule has 0 aliphatic heterocycles. The smallest absolute Gasteiger partial charge is 0.335 e. The summed E-state index contributed by atoms with van der Waals surface area (Å²) >= 11 is 0. The molecule has 0 unspecified atom stereocenters. The van der Waals surface area contributed by atoms with Crippen LogP contribution in [-0.2, 0) is 10.0 Å². The van der Waals surface area contributed by atoms with Crippen LogP contribution in [0, 0.1) is 11.6 Å². The van der Waals surface area contributed by atoms with Crippen LogP contribution in [0.1, 0.15) is 16.8 Å². The number of carboxylic acid groups (broad SMARTS) is 1. The lowest BCUT2D eigenvalue weighted by Gasteiger charge is -2.08. The first-order valence-electron chi connectivity index (χ1n) is 5.12. The fourth-order valence-electron chi connectivity index (χ4n) is 1.25. The van der Waals surface area contributed by atoms with Crippen molar-refractivity contribution in [1.29, 1.82) is 0 Å². The molecule has 1 rings (SSSR count). The average molecular weight is 295 g/mol. The fraction of sp³-hybridized carbons (Fsp3) is 0.300. The fourth-order valence-corrected chi connectivity index (χ4v) is 2.43. The second kappa shape index (κ2) is 6.04. The molecule has 0 radical (unpaired) electrons. The molecule has 19 heavy (non-hydrogen) atoms. The highest BCUT2D eigenvalue weighted by molar-refractivity contribution is 7.89. The minimum Gasteiger partial charge on any atom is -0.478 e. The molecule has 9 heteroatoms. The number of aliphatic hydroxyl groups excluding tert-OH is 1. The third-order valence-corrected chi connectivity index (χ3v) is 3.62. The van der Waals surface area contributed by atoms with Crippen molar-refractivity contribution in [1.82, 2.24) is 4.72 Å². The van der Waals surface area contributed by atoms with Gasteiger partial charge in [-0.2, -0.15) is 0 Å². The molecule has 0 spiro atoms. The first-order valence-corrected chi connectivity index (χ1v) is 6.60. The normalized spacial score (nSPS) is 11.5. The number of hydrogen-bond donors (Lipinski definition) is 3. The van der Waals surface area contributed by atoms with Gasteiger partial charge < -0.3 is 10.2 Å². The Labute approximate surface area is 107 Å². The predicted octanol–water partition coefficient (Wildman–Crippen LogP) is 0.324. The molecule has 6 nitrogen and oxygen atoms in total. The topological polar surface area (TPSA) is 104 Å². The van der Waals surface area contributed by atoms with E-state index in [1.165, 1.54) is 0 Å². The van der Waals surface area contributed by atoms with E-state index in [0.717, 1.165) is 0 Å². The van der Waals surface area contributed by atoms with Gasteiger partial charge in [-0.3, -0.25) is 0 Å². The second-order valence-corrected chi connectivity index (χ2v) is 5.29. The summed E-state index contributed by atoms with van der Waals surface area (Å²) in [5.41, 5.74) is -0.679. The SMILES string of the molecule is O=C(O)c1cc(F)c(F)c(S(=O)(=O)NCCCO)c1. The molecule has 0 aliphatic carbocycles. The first kappa shape index (κ1) is 15.5. The molecular weight excluding hydrogens is 284 g/mol. The van der Waals surface area contributed by atoms with E-state index in [4.69, 9.17) is 10.2 Å². The molecule has 0 aliphatic rings. The molecule has 106 valence electrons. The Morgan fingerprint density at radius 1 is 1.32 bits per heavy atom. The van der Waals surface area contributed by atoms with Gasteiger partial charge in [0.25, 0.3) is 0 Å². The first-order chi connectivity index (χ1) is 8.79. The maximum absolute atomic E-state index is 13.4. The maximum atomic E-state index is 13.4. The van der Waals surface area contributed by atoms with Crippen LogP contribution in [0.4, 0.5) is 8.78 Å². The summed E-state index contributed by atoms with van der Waals surface area (Å²) in [5.74, 6) is -4.80. The average Bonchev–Trinajstić information content (AvgIpc) is 2.32. The van der Waals surface area contributed by atoms with E-state index in [1.807, 2.05) is 4.72 Å². The van der Waals surface area contributed by atoms with E-state index in [-0.39, 0.29) is 19.6 Å². The van der Waals surface area contributed by atoms with Crippen LogP contribution in [0.15, 0.2) is 17.0 Å². The minimum absolute atomic E-state index is 0.0853. The molecule has 0 aromatic heterocycles. The number of sulfonamides is 1. The molecule has 1 aromatic rings. The number of aromatic carboxylic acids is 1. The Balaban J connectivity index is 3.21. The number of carboxylic acids is 1. The Morgan fingerprint density at radius 3 is 2.47 bits per heavy atom. The third kappa shape index (κ3) is 3.69. The number of aliphatic hydroxyl groups is 1. The summed E-state index contributed by atoms with van der Waals surface area (Å²) < 4.78 is 51.8. The van der Waals surface area contributed by atoms with Crippen molar-refractivity contribution in [2.24, 2.45) is 0 Å². The Hall–Kier alpha value is -1.58. The van der Waals surface area contributed by atoms with Gasteiger partial charge in [0.05, 0.1) is 5.56 Å². The van der Waals surface area contributed by atoms with Crippen LogP contribution >= 0.6 is 0 Å². The minimum atomic E-state index is -4.38. The van der Waals surface area contributed by atoms with E-state index < -0.39 is 38.1 Å². The van der Waals surface area contributed by atoms with Gasteiger partial charge in [-0.05, 0) is 18.6 Å². The monoisotopic (exact) mass is 295 g/mol. The lowest BCUT2D eigenvalue weighted by Crippen LogP contribution is -2.27. The van der Waals surface area contributed by atoms with Crippen molar-refractivity contribution in [2.75, 3.05) is 13.2 Å². The number of rotatable bonds is 6. The lowest BCUT2D eigenvalue weighted by molar-refractivity contribution is 0.0696. The molecular formula is C10H11F2NO5S. The second-order valence-electron chi connectivity index (χ2n) is 3.55. The van der Waals surface area contributed by atoms with E-state index in [9.17, 15) is 22.0 Å². The number of carbonyl (C=O) groups is 1. The number of halogens is 2. The molecule has 0 atom stereocenters. The zero-order valence-corrected chi connectivity index (χ0v) is 10.4. The van der Waals surface area contributed by atoms with Gasteiger partial charge in [-0.25, -0.2) is 26.7 Å². The summed E-state index contributed by atoms with van der Waals surface area (Å²) in [5, 5.41) is 17.2. The zero-order chi connectivity index (χ0) is 14.6. The maximum Gasteiger partial charge on any atom is 0.335 e. The molecule has 0 amide bonds. The predicted molar refractivity (Wildman–Crippen MR) is 60.2 cm³/mol. The van der Waals surface area contributed by atoms with Crippen LogP contribution in [0.5, 0.6) is 0 Å². The number of nitrogens with one attached hydrogen (secondary N) is 1. The Morgan fingerprint density at radius 2 is 1.95 bits per heavy atom. The van der Waals surface area contributed by atoms with E-state index in [0.29, 0.717) is 12.1 Å². The summed E-state index contributed by atoms with van der Waals surface area (Å²) in [6.45, 7) is -0.467. The molecule has 0 saturated carbocycles. The van der Waals surface area contributed by atoms with Gasteiger partial charge in [0.2, 0.25) is 10.0 Å². The summed E-state index contributed by atoms with van der Waals surface area (Å²) in [6.07, 6.45) is 0.0853. The van der Waals surface area contributed by atoms with Crippen molar-refractivity contribution in [2.45, 2.75) is 11.3 Å². The molecule has 0 fully saturated rings. The van der Waals surface area contributed by atoms with Gasteiger partial charge in [-0.15, -0.1) is 0 Å². The molecule has 0 heterocycles. The van der Waals surface area contributed by atoms with Crippen LogP contribution in [0.2, 0.25) is 0 Å². The summed E-state index contributed by atoms with van der Waals surface area (Å²) in [7, 11) is -4.38. The van der Waals surface area contributed by atoms with E-state index in [1.54, 1.807) is 0 Å². The van der Waals surface area contributed by atoms with Crippen molar-refractivity contribution in [3.8, 4) is 0 Å². The largest absolute Gasteiger partial charge is 0.478 e. The zero-order valence-electron chi connectivity index (χ0n) is 9.56. The van der Waals surface area contributed by atoms with E-state index >= 15 is 0 Å². The summed E-state index contributed by atoms with van der Waals surface area (Å²) in [6, 6.07) is 0.923. The Bertz CT molecular complexity index is 588. The van der Waals surface area contributed by atoms with Crippen molar-refractivity contribution >= 4 is 16.0 Å². The number of hydrogen-bond acceptors (Lipinski definition) is 4. The van der Waals surface area contributed by atoms with Crippen molar-refractivity contribution < 1.29 is 32.2 Å². The van der Waals surface area contributed by atoms with E-state index in [2.05, 4.69) is 0 Å². The van der Waals surface area contributed by atoms with Gasteiger partial charge in [0, 0.05) is 13.2 Å². The van der Waals surface area contributed by atoms with Gasteiger partial charge in [0.15, 0.2) is 11.6 Å². The summed E-state index contributed by atoms with van der Waals surface area (Å²) in [4.78, 5) is 9.59. The van der Waals surface area contributed by atoms with Crippen LogP contribution < -0.4 is 4.72 Å². The number of benzene rings is 1. The molecule has 0 bridgehead atoms. The van der Waals surface area contributed by atoms with Crippen molar-refractivity contribution in [3.05, 3.63) is 29.3 Å². The van der Waals surface area contributed by atoms with Crippen LogP contribution in [0.25, 0.3) is 0 Å².